The van der Waals surface area contributed by atoms with Gasteiger partial charge in [-0.25, -0.2) is 41.9 Å². The monoisotopic (exact) mass is 826 g/mol. The summed E-state index contributed by atoms with van der Waals surface area (Å²) in [6.45, 7) is 13.3. The van der Waals surface area contributed by atoms with Crippen LogP contribution in [0.2, 0.25) is 0 Å². The van der Waals surface area contributed by atoms with Crippen LogP contribution in [-0.4, -0.2) is 50.3 Å². The van der Waals surface area contributed by atoms with Gasteiger partial charge < -0.3 is 19.3 Å². The largest absolute Gasteiger partial charge is 4.00 e. The van der Waals surface area contributed by atoms with Crippen molar-refractivity contribution in [3.63, 3.8) is 0 Å². The van der Waals surface area contributed by atoms with E-state index in [2.05, 4.69) is 24.3 Å². The molecule has 0 radical (unpaired) electrons. The molecule has 308 valence electrons. The zero-order chi connectivity index (χ0) is 41.1. The predicted octanol–water partition coefficient (Wildman–Crippen LogP) is 10.8. The molecule has 0 spiro atoms. The van der Waals surface area contributed by atoms with Crippen molar-refractivity contribution in [1.82, 2.24) is 0 Å². The van der Waals surface area contributed by atoms with Crippen LogP contribution in [0, 0.1) is 58.4 Å². The molecule has 2 atom stereocenters. The van der Waals surface area contributed by atoms with E-state index in [0.717, 1.165) is 63.5 Å². The van der Waals surface area contributed by atoms with Gasteiger partial charge in [-0.1, -0.05) is 54.4 Å². The van der Waals surface area contributed by atoms with Crippen molar-refractivity contribution in [2.75, 3.05) is 36.1 Å². The average Bonchev–Trinajstić information content (AvgIpc) is 4.00. The van der Waals surface area contributed by atoms with Gasteiger partial charge in [0.05, 0.1) is 12.2 Å². The summed E-state index contributed by atoms with van der Waals surface area (Å²) in [5, 5.41) is 0. The zero-order valence-corrected chi connectivity index (χ0v) is 35.9. The first kappa shape index (κ1) is 49.8. The molecule has 2 heterocycles. The number of allylic oxidation sites excluding steroid dienone is 8. The normalized spacial score (nSPS) is 17.8. The summed E-state index contributed by atoms with van der Waals surface area (Å²) < 4.78 is 65.8. The Morgan fingerprint density at radius 2 is 1.07 bits per heavy atom. The summed E-state index contributed by atoms with van der Waals surface area (Å²) in [7, 11) is 0. The third kappa shape index (κ3) is 16.5. The standard InChI is InChI=1S/2C18H24F2NO2.2C5H5.Ti/c2*1-4-9-18(2,3)17(22)21(12-14-6-5-10-23-14)16-8-7-13(19)11-15(16)20;2*1-2-4-5-3-1;/h2*7-8,14H,4-6,9-10,12H2,1-3H3;2*1-3H,4H2;/q4*-1;+4. The van der Waals surface area contributed by atoms with Crippen molar-refractivity contribution >= 4 is 23.2 Å². The summed E-state index contributed by atoms with van der Waals surface area (Å²) in [6, 6.07) is 8.88. The van der Waals surface area contributed by atoms with Crippen molar-refractivity contribution in [3.05, 3.63) is 108 Å². The molecule has 11 heteroatoms. The second-order valence-electron chi connectivity index (χ2n) is 15.4. The van der Waals surface area contributed by atoms with Crippen LogP contribution in [-0.2, 0) is 40.8 Å². The molecular weight excluding hydrogens is 768 g/mol. The maximum atomic E-state index is 14.2. The minimum atomic E-state index is -0.844. The quantitative estimate of drug-likeness (QED) is 0.122. The Balaban J connectivity index is 0.000000310. The van der Waals surface area contributed by atoms with E-state index in [4.69, 9.17) is 9.47 Å². The molecule has 6 nitrogen and oxygen atoms in total. The Bertz CT molecular complexity index is 1520. The van der Waals surface area contributed by atoms with Gasteiger partial charge in [0.15, 0.2) is 0 Å². The summed E-state index contributed by atoms with van der Waals surface area (Å²) in [5.41, 5.74) is -1.10. The Kier molecular flexibility index (Phi) is 22.1. The second-order valence-corrected chi connectivity index (χ2v) is 15.4. The van der Waals surface area contributed by atoms with Crippen molar-refractivity contribution in [2.24, 2.45) is 10.8 Å². The van der Waals surface area contributed by atoms with Crippen molar-refractivity contribution in [1.29, 1.82) is 0 Å². The van der Waals surface area contributed by atoms with Crippen LogP contribution in [0.15, 0.2) is 60.7 Å². The van der Waals surface area contributed by atoms with Gasteiger partial charge in [-0.05, 0) is 49.9 Å². The summed E-state index contributed by atoms with van der Waals surface area (Å²) in [5.74, 6) is -3.58. The van der Waals surface area contributed by atoms with E-state index < -0.39 is 34.1 Å². The van der Waals surface area contributed by atoms with E-state index in [-0.39, 0.29) is 70.2 Å². The number of nitrogens with zero attached hydrogens (tertiary/aromatic N) is 2. The molecule has 0 aromatic heterocycles. The van der Waals surface area contributed by atoms with Gasteiger partial charge in [0, 0.05) is 60.4 Å². The first-order chi connectivity index (χ1) is 26.7. The Morgan fingerprint density at radius 3 is 1.32 bits per heavy atom. The summed E-state index contributed by atoms with van der Waals surface area (Å²) >= 11 is 0. The molecule has 4 aliphatic rings. The van der Waals surface area contributed by atoms with E-state index in [1.807, 2.05) is 78.0 Å². The molecule has 2 aromatic carbocycles. The molecule has 0 saturated carbocycles. The number of carbonyl (C=O) groups is 2. The van der Waals surface area contributed by atoms with Crippen LogP contribution < -0.4 is 9.80 Å². The molecule has 2 amide bonds. The number of carbonyl (C=O) groups excluding carboxylic acids is 2. The van der Waals surface area contributed by atoms with Crippen molar-refractivity contribution in [2.45, 2.75) is 118 Å². The SMILES string of the molecule is CCCC(C)(C)C(=O)N(CC1CCCO1)c1ccc(F)[c-]c1F.CCCC(C)(C)C(=O)N(CC1CCCO1)c1ccc(F)[c-]c1F.[C-]1=CC=CC1.[C-]1=CC=CC1.[Ti+4]. The van der Waals surface area contributed by atoms with E-state index in [1.54, 1.807) is 0 Å². The van der Waals surface area contributed by atoms with Crippen LogP contribution in [0.25, 0.3) is 0 Å². The number of hydrogen-bond donors (Lipinski definition) is 0. The maximum Gasteiger partial charge on any atom is 4.00 e. The molecule has 2 aliphatic heterocycles. The van der Waals surface area contributed by atoms with Crippen molar-refractivity contribution < 1.29 is 58.3 Å². The van der Waals surface area contributed by atoms with Crippen LogP contribution >= 0.6 is 0 Å². The number of amides is 2. The minimum Gasteiger partial charge on any atom is -0.376 e. The molecule has 2 saturated heterocycles. The molecule has 2 fully saturated rings. The number of ether oxygens (including phenoxy) is 2. The van der Waals surface area contributed by atoms with Crippen LogP contribution in [0.4, 0.5) is 28.9 Å². The van der Waals surface area contributed by atoms with E-state index >= 15 is 0 Å². The van der Waals surface area contributed by atoms with Gasteiger partial charge >= 0.3 is 21.7 Å². The fourth-order valence-electron chi connectivity index (χ4n) is 6.73. The van der Waals surface area contributed by atoms with E-state index in [0.29, 0.717) is 26.1 Å². The Morgan fingerprint density at radius 1 is 0.684 bits per heavy atom. The zero-order valence-electron chi connectivity index (χ0n) is 34.4. The summed E-state index contributed by atoms with van der Waals surface area (Å²) in [6.07, 6.45) is 26.4. The van der Waals surface area contributed by atoms with Gasteiger partial charge in [-0.15, -0.1) is 49.2 Å². The number of benzene rings is 2. The van der Waals surface area contributed by atoms with Crippen LogP contribution in [0.3, 0.4) is 0 Å². The number of rotatable bonds is 12. The van der Waals surface area contributed by atoms with Crippen molar-refractivity contribution in [3.8, 4) is 0 Å². The molecular formula is C46H58F4N2O4Ti. The molecule has 2 aromatic rings. The van der Waals surface area contributed by atoms with E-state index in [1.165, 1.54) is 21.9 Å². The molecule has 0 bridgehead atoms. The fraction of sp³-hybridized carbons (Fsp3) is 0.522. The van der Waals surface area contributed by atoms with Gasteiger partial charge in [-0.3, -0.25) is 21.7 Å². The smallest absolute Gasteiger partial charge is 0.376 e. The molecule has 57 heavy (non-hydrogen) atoms. The van der Waals surface area contributed by atoms with Crippen LogP contribution in [0.5, 0.6) is 0 Å². The third-order valence-corrected chi connectivity index (χ3v) is 9.66. The number of hydrogen-bond acceptors (Lipinski definition) is 4. The maximum absolute atomic E-state index is 14.2. The van der Waals surface area contributed by atoms with Gasteiger partial charge in [-0.2, -0.15) is 12.2 Å². The second kappa shape index (κ2) is 25.2. The topological polar surface area (TPSA) is 59.1 Å². The predicted molar refractivity (Wildman–Crippen MR) is 214 cm³/mol. The molecule has 6 rings (SSSR count). The third-order valence-electron chi connectivity index (χ3n) is 9.66. The van der Waals surface area contributed by atoms with Gasteiger partial charge in [0.1, 0.15) is 0 Å². The molecule has 2 aliphatic carbocycles. The fourth-order valence-corrected chi connectivity index (χ4v) is 6.73. The minimum absolute atomic E-state index is 0. The average molecular weight is 827 g/mol. The Hall–Kier alpha value is -3.31. The number of anilines is 2. The van der Waals surface area contributed by atoms with E-state index in [9.17, 15) is 27.2 Å². The Labute approximate surface area is 353 Å². The first-order valence-corrected chi connectivity index (χ1v) is 19.7. The van der Waals surface area contributed by atoms with Gasteiger partial charge in [0.25, 0.3) is 0 Å². The molecule has 2 unspecified atom stereocenters. The van der Waals surface area contributed by atoms with Gasteiger partial charge in [0.2, 0.25) is 11.8 Å². The summed E-state index contributed by atoms with van der Waals surface area (Å²) in [4.78, 5) is 28.8. The first-order valence-electron chi connectivity index (χ1n) is 19.7. The number of halogens is 4. The van der Waals surface area contributed by atoms with Crippen LogP contribution in [0.1, 0.15) is 106 Å². The molecule has 0 N–H and O–H groups in total.